The Morgan fingerprint density at radius 3 is 2.21 bits per heavy atom. The van der Waals surface area contributed by atoms with Crippen LogP contribution in [0.3, 0.4) is 0 Å². The van der Waals surface area contributed by atoms with Crippen molar-refractivity contribution in [2.75, 3.05) is 5.01 Å². The van der Waals surface area contributed by atoms with E-state index in [-0.39, 0.29) is 11.3 Å². The average molecular weight is 391 g/mol. The minimum atomic E-state index is -2.25. The van der Waals surface area contributed by atoms with Gasteiger partial charge in [0, 0.05) is 21.7 Å². The Bertz CT molecular complexity index is 1130. The van der Waals surface area contributed by atoms with Crippen molar-refractivity contribution in [3.8, 4) is 0 Å². The SMILES string of the molecule is O=C1c2ccccc2[C@@]2(O)N(c3ccccc3)N=C(c3ccc(Cl)cc3)[C@@]12O. The van der Waals surface area contributed by atoms with Crippen LogP contribution in [0.15, 0.2) is 84.0 Å². The van der Waals surface area contributed by atoms with Gasteiger partial charge in [-0.1, -0.05) is 66.2 Å². The third-order valence-electron chi connectivity index (χ3n) is 5.35. The van der Waals surface area contributed by atoms with Crippen LogP contribution in [0.4, 0.5) is 5.69 Å². The number of carbonyl (C=O) groups excluding carboxylic acids is 1. The standard InChI is InChI=1S/C22H15ClN2O3/c23-15-12-10-14(11-13-15)19-21(27)20(26)17-8-4-5-9-18(17)22(21,28)25(24-19)16-6-2-1-3-7-16/h1-13,27-28H/t21-,22+/m1/s1. The smallest absolute Gasteiger partial charge is 0.228 e. The van der Waals surface area contributed by atoms with E-state index in [4.69, 9.17) is 11.6 Å². The molecule has 138 valence electrons. The van der Waals surface area contributed by atoms with Gasteiger partial charge in [-0.05, 0) is 24.3 Å². The highest BCUT2D eigenvalue weighted by molar-refractivity contribution is 6.32. The van der Waals surface area contributed by atoms with Crippen LogP contribution in [0.2, 0.25) is 5.02 Å². The number of anilines is 1. The van der Waals surface area contributed by atoms with E-state index in [0.717, 1.165) is 0 Å². The van der Waals surface area contributed by atoms with Crippen LogP contribution in [0.1, 0.15) is 21.5 Å². The number of rotatable bonds is 2. The summed E-state index contributed by atoms with van der Waals surface area (Å²) in [5.41, 5.74) is -2.58. The Balaban J connectivity index is 1.81. The molecule has 28 heavy (non-hydrogen) atoms. The van der Waals surface area contributed by atoms with E-state index >= 15 is 0 Å². The second-order valence-electron chi connectivity index (χ2n) is 6.86. The molecule has 0 bridgehead atoms. The third kappa shape index (κ3) is 1.98. The largest absolute Gasteiger partial charge is 0.371 e. The summed E-state index contributed by atoms with van der Waals surface area (Å²) < 4.78 is 0. The van der Waals surface area contributed by atoms with Crippen molar-refractivity contribution in [2.45, 2.75) is 11.3 Å². The van der Waals surface area contributed by atoms with Gasteiger partial charge in [-0.15, -0.1) is 0 Å². The highest BCUT2D eigenvalue weighted by Crippen LogP contribution is 2.53. The normalized spacial score (nSPS) is 25.5. The molecular formula is C22H15ClN2O3. The number of fused-ring (bicyclic) bond motifs is 3. The monoisotopic (exact) mass is 390 g/mol. The fourth-order valence-electron chi connectivity index (χ4n) is 4.01. The van der Waals surface area contributed by atoms with E-state index in [1.807, 2.05) is 6.07 Å². The second kappa shape index (κ2) is 5.75. The number of halogens is 1. The Morgan fingerprint density at radius 2 is 1.50 bits per heavy atom. The lowest BCUT2D eigenvalue weighted by molar-refractivity contribution is -0.0769. The average Bonchev–Trinajstić information content (AvgIpc) is 3.07. The molecule has 3 aromatic rings. The lowest BCUT2D eigenvalue weighted by atomic mass is 9.83. The first-order chi connectivity index (χ1) is 13.5. The molecule has 0 amide bonds. The molecule has 0 unspecified atom stereocenters. The first kappa shape index (κ1) is 17.1. The van der Waals surface area contributed by atoms with Crippen LogP contribution in [0.5, 0.6) is 0 Å². The number of Topliss-reactive ketones (excluding diaryl/α,β-unsaturated/α-hetero) is 1. The van der Waals surface area contributed by atoms with Gasteiger partial charge in [0.25, 0.3) is 0 Å². The summed E-state index contributed by atoms with van der Waals surface area (Å²) in [6.07, 6.45) is 0. The van der Waals surface area contributed by atoms with Gasteiger partial charge < -0.3 is 10.2 Å². The molecule has 1 aliphatic carbocycles. The van der Waals surface area contributed by atoms with Gasteiger partial charge in [-0.3, -0.25) is 4.79 Å². The molecular weight excluding hydrogens is 376 g/mol. The van der Waals surface area contributed by atoms with E-state index < -0.39 is 17.1 Å². The minimum absolute atomic E-state index is 0.0803. The molecule has 0 saturated carbocycles. The zero-order valence-corrected chi connectivity index (χ0v) is 15.3. The van der Waals surface area contributed by atoms with Crippen molar-refractivity contribution in [2.24, 2.45) is 5.10 Å². The molecule has 0 saturated heterocycles. The van der Waals surface area contributed by atoms with Gasteiger partial charge in [-0.2, -0.15) is 5.10 Å². The molecule has 0 aromatic heterocycles. The molecule has 3 aromatic carbocycles. The van der Waals surface area contributed by atoms with Gasteiger partial charge in [0.15, 0.2) is 0 Å². The van der Waals surface area contributed by atoms with Gasteiger partial charge in [0.05, 0.1) is 5.69 Å². The van der Waals surface area contributed by atoms with Crippen LogP contribution in [-0.2, 0) is 5.72 Å². The number of hydrazone groups is 1. The maximum atomic E-state index is 13.3. The Kier molecular flexibility index (Phi) is 3.52. The fourth-order valence-corrected chi connectivity index (χ4v) is 4.13. The van der Waals surface area contributed by atoms with Crippen molar-refractivity contribution in [3.63, 3.8) is 0 Å². The number of ketones is 1. The third-order valence-corrected chi connectivity index (χ3v) is 5.60. The number of nitrogens with zero attached hydrogens (tertiary/aromatic N) is 2. The van der Waals surface area contributed by atoms with Crippen LogP contribution in [0, 0.1) is 0 Å². The summed E-state index contributed by atoms with van der Waals surface area (Å²) in [4.78, 5) is 13.3. The molecule has 0 radical (unpaired) electrons. The summed E-state index contributed by atoms with van der Waals surface area (Å²) in [6, 6.07) is 22.3. The molecule has 6 heteroatoms. The summed E-state index contributed by atoms with van der Waals surface area (Å²) in [7, 11) is 0. The predicted octanol–water partition coefficient (Wildman–Crippen LogP) is 3.34. The van der Waals surface area contributed by atoms with E-state index in [2.05, 4.69) is 5.10 Å². The number of hydrogen-bond acceptors (Lipinski definition) is 5. The van der Waals surface area contributed by atoms with Crippen molar-refractivity contribution in [1.82, 2.24) is 0 Å². The second-order valence-corrected chi connectivity index (χ2v) is 7.30. The van der Waals surface area contributed by atoms with Crippen molar-refractivity contribution >= 4 is 28.8 Å². The number of carbonyl (C=O) groups is 1. The number of benzene rings is 3. The summed E-state index contributed by atoms with van der Waals surface area (Å²) in [6.45, 7) is 0. The molecule has 5 rings (SSSR count). The number of para-hydroxylation sites is 1. The first-order valence-electron chi connectivity index (χ1n) is 8.77. The van der Waals surface area contributed by atoms with Gasteiger partial charge >= 0.3 is 0 Å². The van der Waals surface area contributed by atoms with Crippen LogP contribution < -0.4 is 5.01 Å². The van der Waals surface area contributed by atoms with E-state index in [9.17, 15) is 15.0 Å². The highest BCUT2D eigenvalue weighted by Gasteiger charge is 2.72. The van der Waals surface area contributed by atoms with Crippen molar-refractivity contribution in [1.29, 1.82) is 0 Å². The Labute approximate surface area is 166 Å². The van der Waals surface area contributed by atoms with Crippen molar-refractivity contribution in [3.05, 3.63) is 101 Å². The molecule has 2 aliphatic rings. The maximum Gasteiger partial charge on any atom is 0.228 e. The Hall–Kier alpha value is -2.99. The summed E-state index contributed by atoms with van der Waals surface area (Å²) in [5.74, 6) is -0.585. The number of hydrogen-bond donors (Lipinski definition) is 2. The van der Waals surface area contributed by atoms with Crippen LogP contribution in [-0.4, -0.2) is 27.3 Å². The van der Waals surface area contributed by atoms with Gasteiger partial charge in [0.2, 0.25) is 17.1 Å². The molecule has 5 nitrogen and oxygen atoms in total. The zero-order chi connectivity index (χ0) is 19.5. The molecule has 0 spiro atoms. The zero-order valence-electron chi connectivity index (χ0n) is 14.6. The minimum Gasteiger partial charge on any atom is -0.371 e. The molecule has 2 N–H and O–H groups in total. The van der Waals surface area contributed by atoms with Crippen molar-refractivity contribution < 1.29 is 15.0 Å². The predicted molar refractivity (Wildman–Crippen MR) is 107 cm³/mol. The van der Waals surface area contributed by atoms with Crippen LogP contribution >= 0.6 is 11.6 Å². The Morgan fingerprint density at radius 1 is 0.857 bits per heavy atom. The highest BCUT2D eigenvalue weighted by atomic mass is 35.5. The van der Waals surface area contributed by atoms with Gasteiger partial charge in [-0.25, -0.2) is 5.01 Å². The fraction of sp³-hybridized carbons (Fsp3) is 0.0909. The summed E-state index contributed by atoms with van der Waals surface area (Å²) in [5, 5.41) is 29.9. The molecule has 2 atom stereocenters. The van der Waals surface area contributed by atoms with Gasteiger partial charge in [0.1, 0.15) is 5.71 Å². The summed E-state index contributed by atoms with van der Waals surface area (Å²) >= 11 is 5.99. The molecule has 1 heterocycles. The quantitative estimate of drug-likeness (QED) is 0.704. The van der Waals surface area contributed by atoms with E-state index in [0.29, 0.717) is 21.8 Å². The first-order valence-corrected chi connectivity index (χ1v) is 9.15. The molecule has 0 fully saturated rings. The van der Waals surface area contributed by atoms with E-state index in [1.54, 1.807) is 72.8 Å². The topological polar surface area (TPSA) is 73.1 Å². The number of aliphatic hydroxyl groups is 2. The lowest BCUT2D eigenvalue weighted by Crippen LogP contribution is -2.59. The maximum absolute atomic E-state index is 13.3. The van der Waals surface area contributed by atoms with Crippen LogP contribution in [0.25, 0.3) is 0 Å². The molecule has 1 aliphatic heterocycles. The lowest BCUT2D eigenvalue weighted by Gasteiger charge is -2.36. The van der Waals surface area contributed by atoms with E-state index in [1.165, 1.54) is 5.01 Å².